The number of rotatable bonds is 5. The van der Waals surface area contributed by atoms with E-state index in [9.17, 15) is 9.59 Å². The molecule has 3 aliphatic rings. The Morgan fingerprint density at radius 2 is 1.82 bits per heavy atom. The van der Waals surface area contributed by atoms with Crippen LogP contribution < -0.4 is 25.2 Å². The standard InChI is InChI=1S/C21H30N4O3/c26-20(23-21(27)22-18-3-1-2-4-18)15-25-10-8-24(9-11-25)14-16-5-6-19-17(13-16)7-12-28-19/h5-6,13,18H,1-4,7-12,14-15H2,(H2,22,23,26,27)/p+2. The van der Waals surface area contributed by atoms with Gasteiger partial charge >= 0.3 is 6.03 Å². The molecule has 0 unspecified atom stereocenters. The zero-order valence-corrected chi connectivity index (χ0v) is 16.5. The molecule has 0 radical (unpaired) electrons. The first-order valence-corrected chi connectivity index (χ1v) is 10.7. The predicted molar refractivity (Wildman–Crippen MR) is 105 cm³/mol. The van der Waals surface area contributed by atoms with Crippen LogP contribution in [0.3, 0.4) is 0 Å². The molecule has 4 rings (SSSR count). The van der Waals surface area contributed by atoms with Crippen molar-refractivity contribution in [1.82, 2.24) is 10.6 Å². The zero-order valence-electron chi connectivity index (χ0n) is 16.5. The number of carbonyl (C=O) groups excluding carboxylic acids is 2. The highest BCUT2D eigenvalue weighted by Gasteiger charge is 2.26. The van der Waals surface area contributed by atoms with Gasteiger partial charge in [-0.1, -0.05) is 12.8 Å². The van der Waals surface area contributed by atoms with Crippen LogP contribution in [0.25, 0.3) is 0 Å². The van der Waals surface area contributed by atoms with Gasteiger partial charge < -0.3 is 19.9 Å². The molecule has 1 aromatic carbocycles. The van der Waals surface area contributed by atoms with Gasteiger partial charge in [0.05, 0.1) is 6.61 Å². The summed E-state index contributed by atoms with van der Waals surface area (Å²) >= 11 is 0. The van der Waals surface area contributed by atoms with E-state index in [1.807, 2.05) is 0 Å². The fourth-order valence-electron chi connectivity index (χ4n) is 4.64. The lowest BCUT2D eigenvalue weighted by Crippen LogP contribution is -3.28. The Hall–Kier alpha value is -2.12. The molecule has 7 heteroatoms. The molecule has 1 saturated heterocycles. The Morgan fingerprint density at radius 1 is 1.07 bits per heavy atom. The lowest BCUT2D eigenvalue weighted by atomic mass is 10.1. The van der Waals surface area contributed by atoms with Crippen molar-refractivity contribution < 1.29 is 24.1 Å². The topological polar surface area (TPSA) is 76.3 Å². The summed E-state index contributed by atoms with van der Waals surface area (Å²) in [5, 5.41) is 5.41. The third-order valence-electron chi connectivity index (χ3n) is 6.23. The van der Waals surface area contributed by atoms with Crippen molar-refractivity contribution in [3.8, 4) is 5.75 Å². The summed E-state index contributed by atoms with van der Waals surface area (Å²) in [6.45, 7) is 6.21. The fourth-order valence-corrected chi connectivity index (χ4v) is 4.64. The molecule has 2 aliphatic heterocycles. The van der Waals surface area contributed by atoms with E-state index >= 15 is 0 Å². The third-order valence-corrected chi connectivity index (χ3v) is 6.23. The molecule has 2 heterocycles. The molecule has 1 aliphatic carbocycles. The number of carbonyl (C=O) groups is 2. The maximum Gasteiger partial charge on any atom is 0.321 e. The largest absolute Gasteiger partial charge is 0.493 e. The van der Waals surface area contributed by atoms with Crippen LogP contribution in [0.15, 0.2) is 18.2 Å². The van der Waals surface area contributed by atoms with Gasteiger partial charge in [-0.15, -0.1) is 0 Å². The molecule has 4 N–H and O–H groups in total. The highest BCUT2D eigenvalue weighted by Crippen LogP contribution is 2.25. The summed E-state index contributed by atoms with van der Waals surface area (Å²) in [6.07, 6.45) is 5.38. The van der Waals surface area contributed by atoms with E-state index < -0.39 is 0 Å². The minimum absolute atomic E-state index is 0.174. The SMILES string of the molecule is O=C(C[NH+]1CC[NH+](Cc2ccc3c(c2)CCO3)CC1)NC(=O)NC1CCCC1. The van der Waals surface area contributed by atoms with Gasteiger partial charge in [0.25, 0.3) is 5.91 Å². The van der Waals surface area contributed by atoms with Crippen LogP contribution >= 0.6 is 0 Å². The summed E-state index contributed by atoms with van der Waals surface area (Å²) in [7, 11) is 0. The fraction of sp³-hybridized carbons (Fsp3) is 0.619. The zero-order chi connectivity index (χ0) is 19.3. The minimum atomic E-state index is -0.332. The molecule has 0 bridgehead atoms. The van der Waals surface area contributed by atoms with E-state index in [4.69, 9.17) is 4.74 Å². The maximum absolute atomic E-state index is 12.2. The third kappa shape index (κ3) is 5.02. The molecule has 0 aromatic heterocycles. The van der Waals surface area contributed by atoms with Crippen LogP contribution in [0, 0.1) is 0 Å². The van der Waals surface area contributed by atoms with E-state index in [1.165, 1.54) is 16.0 Å². The summed E-state index contributed by atoms with van der Waals surface area (Å²) < 4.78 is 5.58. The molecule has 7 nitrogen and oxygen atoms in total. The van der Waals surface area contributed by atoms with Crippen LogP contribution in [-0.2, 0) is 17.8 Å². The van der Waals surface area contributed by atoms with Gasteiger partial charge in [0.2, 0.25) is 0 Å². The molecule has 152 valence electrons. The van der Waals surface area contributed by atoms with Crippen molar-refractivity contribution in [2.45, 2.75) is 44.7 Å². The second-order valence-corrected chi connectivity index (χ2v) is 8.40. The van der Waals surface area contributed by atoms with Crippen LogP contribution in [-0.4, -0.2) is 57.3 Å². The van der Waals surface area contributed by atoms with Crippen LogP contribution in [0.4, 0.5) is 4.79 Å². The van der Waals surface area contributed by atoms with Gasteiger partial charge in [0.1, 0.15) is 38.5 Å². The predicted octanol–water partition coefficient (Wildman–Crippen LogP) is -1.33. The summed E-state index contributed by atoms with van der Waals surface area (Å²) in [5.41, 5.74) is 2.69. The second kappa shape index (κ2) is 8.92. The molecule has 3 amide bonds. The van der Waals surface area contributed by atoms with Gasteiger partial charge in [0.15, 0.2) is 6.54 Å². The van der Waals surface area contributed by atoms with Gasteiger partial charge in [0, 0.05) is 18.0 Å². The van der Waals surface area contributed by atoms with E-state index in [1.54, 1.807) is 4.90 Å². The van der Waals surface area contributed by atoms with E-state index in [2.05, 4.69) is 28.8 Å². The summed E-state index contributed by atoms with van der Waals surface area (Å²) in [4.78, 5) is 26.9. The van der Waals surface area contributed by atoms with Crippen molar-refractivity contribution in [3.63, 3.8) is 0 Å². The first-order valence-electron chi connectivity index (χ1n) is 10.7. The first-order chi connectivity index (χ1) is 13.7. The second-order valence-electron chi connectivity index (χ2n) is 8.40. The van der Waals surface area contributed by atoms with Crippen molar-refractivity contribution >= 4 is 11.9 Å². The number of quaternary nitrogens is 2. The molecule has 2 fully saturated rings. The van der Waals surface area contributed by atoms with Gasteiger partial charge in [-0.25, -0.2) is 4.79 Å². The Bertz CT molecular complexity index is 710. The number of piperazine rings is 1. The first kappa shape index (κ1) is 19.2. The molecule has 1 saturated carbocycles. The average Bonchev–Trinajstić information content (AvgIpc) is 3.34. The number of amides is 3. The quantitative estimate of drug-likeness (QED) is 0.505. The molecule has 28 heavy (non-hydrogen) atoms. The number of urea groups is 1. The lowest BCUT2D eigenvalue weighted by molar-refractivity contribution is -1.02. The van der Waals surface area contributed by atoms with E-state index in [-0.39, 0.29) is 18.0 Å². The summed E-state index contributed by atoms with van der Waals surface area (Å²) in [6, 6.07) is 6.45. The number of ether oxygens (including phenoxy) is 1. The van der Waals surface area contributed by atoms with Gasteiger partial charge in [-0.05, 0) is 36.6 Å². The van der Waals surface area contributed by atoms with Crippen molar-refractivity contribution in [1.29, 1.82) is 0 Å². The van der Waals surface area contributed by atoms with Crippen molar-refractivity contribution in [3.05, 3.63) is 29.3 Å². The minimum Gasteiger partial charge on any atom is -0.493 e. The van der Waals surface area contributed by atoms with Gasteiger partial charge in [-0.3, -0.25) is 10.1 Å². The molecule has 0 atom stereocenters. The van der Waals surface area contributed by atoms with E-state index in [0.29, 0.717) is 6.54 Å². The lowest BCUT2D eigenvalue weighted by Gasteiger charge is -2.29. The number of hydrogen-bond donors (Lipinski definition) is 4. The van der Waals surface area contributed by atoms with Crippen molar-refractivity contribution in [2.75, 3.05) is 39.3 Å². The Kier molecular flexibility index (Phi) is 6.12. The van der Waals surface area contributed by atoms with E-state index in [0.717, 1.165) is 77.2 Å². The van der Waals surface area contributed by atoms with Crippen molar-refractivity contribution in [2.24, 2.45) is 0 Å². The number of nitrogens with one attached hydrogen (secondary N) is 4. The number of fused-ring (bicyclic) bond motifs is 1. The van der Waals surface area contributed by atoms with Crippen LogP contribution in [0.2, 0.25) is 0 Å². The average molecular weight is 389 g/mol. The molecular formula is C21H32N4O3+2. The normalized spacial score (nSPS) is 24.4. The highest BCUT2D eigenvalue weighted by molar-refractivity contribution is 5.94. The molecule has 1 aromatic rings. The van der Waals surface area contributed by atoms with Crippen LogP contribution in [0.1, 0.15) is 36.8 Å². The van der Waals surface area contributed by atoms with Gasteiger partial charge in [-0.2, -0.15) is 0 Å². The summed E-state index contributed by atoms with van der Waals surface area (Å²) in [5.74, 6) is 0.864. The monoisotopic (exact) mass is 388 g/mol. The maximum atomic E-state index is 12.2. The number of hydrogen-bond acceptors (Lipinski definition) is 3. The molecule has 0 spiro atoms. The Balaban J connectivity index is 1.16. The number of benzene rings is 1. The molecular weight excluding hydrogens is 356 g/mol. The smallest absolute Gasteiger partial charge is 0.321 e. The number of imide groups is 1. The van der Waals surface area contributed by atoms with Crippen LogP contribution in [0.5, 0.6) is 5.75 Å². The Labute approximate surface area is 166 Å². The highest BCUT2D eigenvalue weighted by atomic mass is 16.5. The Morgan fingerprint density at radius 3 is 2.61 bits per heavy atom.